The van der Waals surface area contributed by atoms with Crippen LogP contribution in [0, 0.1) is 0 Å². The highest BCUT2D eigenvalue weighted by Crippen LogP contribution is 2.40. The summed E-state index contributed by atoms with van der Waals surface area (Å²) in [7, 11) is 0. The number of thioether (sulfide) groups is 2. The maximum Gasteiger partial charge on any atom is 0.446 e. The van der Waals surface area contributed by atoms with Crippen LogP contribution in [0.1, 0.15) is 34.0 Å². The molecule has 0 aliphatic carbocycles. The first-order valence-corrected chi connectivity index (χ1v) is 13.0. The lowest BCUT2D eigenvalue weighted by Gasteiger charge is -2.13. The Balaban J connectivity index is 1.69. The Morgan fingerprint density at radius 2 is 1.68 bits per heavy atom. The van der Waals surface area contributed by atoms with Crippen LogP contribution in [0.4, 0.5) is 26.3 Å². The molecule has 1 heterocycles. The van der Waals surface area contributed by atoms with Crippen molar-refractivity contribution in [2.24, 2.45) is 0 Å². The van der Waals surface area contributed by atoms with E-state index in [2.05, 4.69) is 4.98 Å². The summed E-state index contributed by atoms with van der Waals surface area (Å²) in [5.41, 5.74) is -2.85. The second-order valence-corrected chi connectivity index (χ2v) is 10.1. The van der Waals surface area contributed by atoms with E-state index in [0.29, 0.717) is 27.3 Å². The van der Waals surface area contributed by atoms with Crippen molar-refractivity contribution in [2.75, 3.05) is 6.61 Å². The average Bonchev–Trinajstić information content (AvgIpc) is 3.19. The van der Waals surface area contributed by atoms with E-state index in [4.69, 9.17) is 4.74 Å². The predicted octanol–water partition coefficient (Wildman–Crippen LogP) is 8.18. The minimum Gasteiger partial charge on any atom is -0.462 e. The summed E-state index contributed by atoms with van der Waals surface area (Å²) in [6, 6.07) is 15.7. The molecule has 38 heavy (non-hydrogen) atoms. The molecule has 4 nitrogen and oxygen atoms in total. The highest BCUT2D eigenvalue weighted by molar-refractivity contribution is 8.00. The van der Waals surface area contributed by atoms with Crippen molar-refractivity contribution >= 4 is 40.5 Å². The third kappa shape index (κ3) is 6.84. The number of imidazole rings is 1. The van der Waals surface area contributed by atoms with Crippen molar-refractivity contribution in [3.63, 3.8) is 0 Å². The summed E-state index contributed by atoms with van der Waals surface area (Å²) in [5.74, 6) is -0.362. The van der Waals surface area contributed by atoms with E-state index in [9.17, 15) is 31.1 Å². The third-order valence-corrected chi connectivity index (χ3v) is 7.28. The number of hydrogen-bond acceptors (Lipinski definition) is 5. The molecule has 0 unspecified atom stereocenters. The van der Waals surface area contributed by atoms with E-state index in [1.807, 2.05) is 0 Å². The van der Waals surface area contributed by atoms with Crippen LogP contribution in [0.15, 0.2) is 76.8 Å². The number of ether oxygens (including phenoxy) is 1. The zero-order valence-electron chi connectivity index (χ0n) is 19.8. The molecule has 12 heteroatoms. The first-order valence-electron chi connectivity index (χ1n) is 11.2. The molecule has 0 aliphatic rings. The molecule has 0 saturated heterocycles. The molecule has 1 aromatic heterocycles. The number of benzene rings is 3. The molecule has 0 spiro atoms. The van der Waals surface area contributed by atoms with Crippen molar-refractivity contribution in [2.45, 2.75) is 41.0 Å². The highest BCUT2D eigenvalue weighted by Gasteiger charge is 2.31. The standard InChI is InChI=1S/C26H20F6N2O2S2/c1-2-36-23(35)17-9-12-21-20(13-17)33-24(34(21)14-16-7-10-19(11-8-16)25(27,28)29)37-15-18-5-3-4-6-22(18)38-26(30,31)32/h3-13H,2,14-15H2,1H3. The molecule has 0 aliphatic heterocycles. The van der Waals surface area contributed by atoms with Crippen molar-refractivity contribution in [3.05, 3.63) is 89.0 Å². The van der Waals surface area contributed by atoms with E-state index in [-0.39, 0.29) is 41.1 Å². The van der Waals surface area contributed by atoms with Crippen LogP contribution < -0.4 is 0 Å². The van der Waals surface area contributed by atoms with Crippen molar-refractivity contribution in [1.82, 2.24) is 9.55 Å². The fourth-order valence-corrected chi connectivity index (χ4v) is 5.46. The maximum absolute atomic E-state index is 13.0. The molecule has 4 aromatic rings. The minimum atomic E-state index is -4.47. The van der Waals surface area contributed by atoms with Crippen LogP contribution in [-0.2, 0) is 23.2 Å². The van der Waals surface area contributed by atoms with Gasteiger partial charge in [0.05, 0.1) is 35.3 Å². The predicted molar refractivity (Wildman–Crippen MR) is 134 cm³/mol. The normalized spacial score (nSPS) is 12.2. The Labute approximate surface area is 222 Å². The molecular formula is C26H20F6N2O2S2. The summed E-state index contributed by atoms with van der Waals surface area (Å²) < 4.78 is 84.9. The summed E-state index contributed by atoms with van der Waals surface area (Å²) in [6.07, 6.45) is -4.47. The lowest BCUT2D eigenvalue weighted by Crippen LogP contribution is -2.06. The molecule has 0 radical (unpaired) electrons. The van der Waals surface area contributed by atoms with Gasteiger partial charge in [0, 0.05) is 10.6 Å². The van der Waals surface area contributed by atoms with Crippen molar-refractivity contribution in [1.29, 1.82) is 0 Å². The number of nitrogens with zero attached hydrogens (tertiary/aromatic N) is 2. The smallest absolute Gasteiger partial charge is 0.446 e. The largest absolute Gasteiger partial charge is 0.462 e. The molecule has 0 N–H and O–H groups in total. The highest BCUT2D eigenvalue weighted by atomic mass is 32.2. The van der Waals surface area contributed by atoms with Gasteiger partial charge in [-0.15, -0.1) is 0 Å². The fraction of sp³-hybridized carbons (Fsp3) is 0.231. The zero-order valence-corrected chi connectivity index (χ0v) is 21.4. The third-order valence-electron chi connectivity index (χ3n) is 5.40. The van der Waals surface area contributed by atoms with Gasteiger partial charge in [0.25, 0.3) is 0 Å². The van der Waals surface area contributed by atoms with Crippen LogP contribution in [0.3, 0.4) is 0 Å². The minimum absolute atomic E-state index is 0.0718. The molecular weight excluding hydrogens is 550 g/mol. The number of esters is 1. The van der Waals surface area contributed by atoms with E-state index in [1.54, 1.807) is 41.8 Å². The lowest BCUT2D eigenvalue weighted by atomic mass is 10.1. The lowest BCUT2D eigenvalue weighted by molar-refractivity contribution is -0.137. The zero-order chi connectivity index (χ0) is 27.5. The van der Waals surface area contributed by atoms with Crippen LogP contribution in [0.2, 0.25) is 0 Å². The molecule has 0 saturated carbocycles. The molecule has 3 aromatic carbocycles. The quantitative estimate of drug-likeness (QED) is 0.121. The maximum atomic E-state index is 13.0. The Morgan fingerprint density at radius 3 is 2.34 bits per heavy atom. The number of hydrogen-bond donors (Lipinski definition) is 0. The van der Waals surface area contributed by atoms with E-state index in [1.165, 1.54) is 36.0 Å². The van der Waals surface area contributed by atoms with Crippen LogP contribution in [-0.4, -0.2) is 27.6 Å². The molecule has 4 rings (SSSR count). The number of carbonyl (C=O) groups is 1. The SMILES string of the molecule is CCOC(=O)c1ccc2c(c1)nc(SCc1ccccc1SC(F)(F)F)n2Cc1ccc(C(F)(F)F)cc1. The Bertz CT molecular complexity index is 1430. The van der Waals surface area contributed by atoms with Crippen molar-refractivity contribution in [3.8, 4) is 0 Å². The molecule has 0 atom stereocenters. The van der Waals surface area contributed by atoms with Gasteiger partial charge in [-0.05, 0) is 66.2 Å². The number of halogens is 6. The van der Waals surface area contributed by atoms with Gasteiger partial charge in [0.1, 0.15) is 0 Å². The second-order valence-electron chi connectivity index (χ2n) is 8.04. The van der Waals surface area contributed by atoms with E-state index in [0.717, 1.165) is 12.1 Å². The molecule has 200 valence electrons. The van der Waals surface area contributed by atoms with Gasteiger partial charge in [-0.1, -0.05) is 42.1 Å². The topological polar surface area (TPSA) is 44.1 Å². The van der Waals surface area contributed by atoms with E-state index < -0.39 is 23.2 Å². The molecule has 0 amide bonds. The average molecular weight is 571 g/mol. The van der Waals surface area contributed by atoms with Gasteiger partial charge >= 0.3 is 17.7 Å². The Kier molecular flexibility index (Phi) is 8.31. The Morgan fingerprint density at radius 1 is 0.974 bits per heavy atom. The number of rotatable bonds is 8. The van der Waals surface area contributed by atoms with Crippen molar-refractivity contribution < 1.29 is 35.9 Å². The van der Waals surface area contributed by atoms with Gasteiger partial charge in [-0.3, -0.25) is 0 Å². The molecule has 0 fully saturated rings. The second kappa shape index (κ2) is 11.3. The van der Waals surface area contributed by atoms with Gasteiger partial charge in [0.15, 0.2) is 5.16 Å². The number of aromatic nitrogens is 2. The number of fused-ring (bicyclic) bond motifs is 1. The first-order chi connectivity index (χ1) is 17.9. The van der Waals surface area contributed by atoms with Gasteiger partial charge in [-0.2, -0.15) is 26.3 Å². The fourth-order valence-electron chi connectivity index (χ4n) is 3.68. The van der Waals surface area contributed by atoms with Crippen LogP contribution >= 0.6 is 23.5 Å². The van der Waals surface area contributed by atoms with Crippen LogP contribution in [0.25, 0.3) is 11.0 Å². The van der Waals surface area contributed by atoms with Gasteiger partial charge < -0.3 is 9.30 Å². The Hall–Kier alpha value is -3.12. The van der Waals surface area contributed by atoms with Crippen LogP contribution in [0.5, 0.6) is 0 Å². The molecule has 0 bridgehead atoms. The summed E-state index contributed by atoms with van der Waals surface area (Å²) in [4.78, 5) is 16.9. The number of carbonyl (C=O) groups excluding carboxylic acids is 1. The number of alkyl halides is 6. The van der Waals surface area contributed by atoms with Gasteiger partial charge in [-0.25, -0.2) is 9.78 Å². The van der Waals surface area contributed by atoms with E-state index >= 15 is 0 Å². The monoisotopic (exact) mass is 570 g/mol. The van der Waals surface area contributed by atoms with Gasteiger partial charge in [0.2, 0.25) is 0 Å². The summed E-state index contributed by atoms with van der Waals surface area (Å²) in [5, 5.41) is 0.438. The summed E-state index contributed by atoms with van der Waals surface area (Å²) >= 11 is 0.996. The summed E-state index contributed by atoms with van der Waals surface area (Å²) in [6.45, 7) is 2.03. The first kappa shape index (κ1) is 27.9.